The van der Waals surface area contributed by atoms with Crippen LogP contribution < -0.4 is 10.6 Å². The molecule has 0 saturated carbocycles. The van der Waals surface area contributed by atoms with Gasteiger partial charge >= 0.3 is 5.97 Å². The van der Waals surface area contributed by atoms with Gasteiger partial charge in [0.25, 0.3) is 5.91 Å². The molecule has 1 heterocycles. The zero-order valence-corrected chi connectivity index (χ0v) is 16.6. The van der Waals surface area contributed by atoms with Crippen LogP contribution in [0.2, 0.25) is 0 Å². The summed E-state index contributed by atoms with van der Waals surface area (Å²) in [5.74, 6) is -0.234. The number of aromatic nitrogens is 2. The van der Waals surface area contributed by atoms with Gasteiger partial charge in [0.2, 0.25) is 0 Å². The predicted octanol–water partition coefficient (Wildman–Crippen LogP) is 4.02. The molecule has 29 heavy (non-hydrogen) atoms. The lowest BCUT2D eigenvalue weighted by molar-refractivity contribution is 0.0527. The van der Waals surface area contributed by atoms with Gasteiger partial charge in [0.05, 0.1) is 17.9 Å². The molecule has 0 bridgehead atoms. The molecule has 1 aliphatic carbocycles. The van der Waals surface area contributed by atoms with Crippen LogP contribution in [0.5, 0.6) is 0 Å². The van der Waals surface area contributed by atoms with E-state index in [4.69, 9.17) is 4.74 Å². The molecule has 0 fully saturated rings. The molecule has 3 rings (SSSR count). The zero-order chi connectivity index (χ0) is 20.5. The minimum atomic E-state index is -0.417. The zero-order valence-electron chi connectivity index (χ0n) is 16.6. The molecule has 0 aliphatic heterocycles. The summed E-state index contributed by atoms with van der Waals surface area (Å²) >= 11 is 0. The maximum absolute atomic E-state index is 12.4. The molecule has 1 amide bonds. The maximum atomic E-state index is 12.4. The van der Waals surface area contributed by atoms with E-state index >= 15 is 0 Å². The standard InChI is InChI=1S/C22H26N4O3/c1-2-29-22(28)17-10-6-7-11-18(17)26-20-14-19(24-15-25-20)21(27)23-13-12-16-8-4-3-5-9-16/h6-8,10-11,14-15H,2-5,9,12-13H2,1H3,(H,23,27)(H,24,25,26). The fourth-order valence-electron chi connectivity index (χ4n) is 3.23. The van der Waals surface area contributed by atoms with E-state index in [1.54, 1.807) is 37.3 Å². The van der Waals surface area contributed by atoms with Gasteiger partial charge in [-0.1, -0.05) is 23.8 Å². The number of rotatable bonds is 8. The van der Waals surface area contributed by atoms with Crippen LogP contribution in [0.25, 0.3) is 0 Å². The molecule has 1 aliphatic rings. The Balaban J connectivity index is 1.63. The SMILES string of the molecule is CCOC(=O)c1ccccc1Nc1cc(C(=O)NCCC2=CCCCC2)ncn1. The molecule has 7 nitrogen and oxygen atoms in total. The van der Waals surface area contributed by atoms with Crippen LogP contribution in [-0.4, -0.2) is 35.0 Å². The molecule has 2 N–H and O–H groups in total. The third kappa shape index (κ3) is 5.88. The van der Waals surface area contributed by atoms with Gasteiger partial charge in [0.1, 0.15) is 17.8 Å². The number of carbonyl (C=O) groups is 2. The molecule has 0 atom stereocenters. The summed E-state index contributed by atoms with van der Waals surface area (Å²) in [6, 6.07) is 8.57. The van der Waals surface area contributed by atoms with Crippen molar-refractivity contribution >= 4 is 23.4 Å². The summed E-state index contributed by atoms with van der Waals surface area (Å²) in [5, 5.41) is 5.99. The average Bonchev–Trinajstić information content (AvgIpc) is 2.75. The molecule has 1 aromatic carbocycles. The Kier molecular flexibility index (Phi) is 7.33. The quantitative estimate of drug-likeness (QED) is 0.519. The van der Waals surface area contributed by atoms with Gasteiger partial charge in [0, 0.05) is 12.6 Å². The van der Waals surface area contributed by atoms with Crippen molar-refractivity contribution in [3.63, 3.8) is 0 Å². The fraction of sp³-hybridized carbons (Fsp3) is 0.364. The van der Waals surface area contributed by atoms with Crippen LogP contribution in [0.3, 0.4) is 0 Å². The number of esters is 1. The largest absolute Gasteiger partial charge is 0.462 e. The number of nitrogens with zero attached hydrogens (tertiary/aromatic N) is 2. The molecule has 2 aromatic rings. The minimum Gasteiger partial charge on any atom is -0.462 e. The Labute approximate surface area is 170 Å². The van der Waals surface area contributed by atoms with Gasteiger partial charge in [0.15, 0.2) is 0 Å². The van der Waals surface area contributed by atoms with Crippen LogP contribution >= 0.6 is 0 Å². The van der Waals surface area contributed by atoms with Gasteiger partial charge in [-0.15, -0.1) is 0 Å². The molecule has 0 radical (unpaired) electrons. The molecule has 0 spiro atoms. The first-order valence-corrected chi connectivity index (χ1v) is 9.98. The Bertz CT molecular complexity index is 895. The van der Waals surface area contributed by atoms with Crippen molar-refractivity contribution in [3.05, 3.63) is 59.6 Å². The number of hydrogen-bond acceptors (Lipinski definition) is 6. The fourth-order valence-corrected chi connectivity index (χ4v) is 3.23. The second-order valence-corrected chi connectivity index (χ2v) is 6.79. The van der Waals surface area contributed by atoms with Gasteiger partial charge in [-0.05, 0) is 51.2 Å². The highest BCUT2D eigenvalue weighted by Crippen LogP contribution is 2.21. The Morgan fingerprint density at radius 1 is 1.17 bits per heavy atom. The topological polar surface area (TPSA) is 93.2 Å². The second kappa shape index (κ2) is 10.4. The van der Waals surface area contributed by atoms with E-state index < -0.39 is 5.97 Å². The van der Waals surface area contributed by atoms with Crippen molar-refractivity contribution in [2.24, 2.45) is 0 Å². The highest BCUT2D eigenvalue weighted by Gasteiger charge is 2.14. The summed E-state index contributed by atoms with van der Waals surface area (Å²) in [6.45, 7) is 2.64. The van der Waals surface area contributed by atoms with Crippen LogP contribution in [0, 0.1) is 0 Å². The Morgan fingerprint density at radius 2 is 2.03 bits per heavy atom. The molecule has 0 saturated heterocycles. The highest BCUT2D eigenvalue weighted by molar-refractivity contribution is 5.97. The van der Waals surface area contributed by atoms with Crippen molar-refractivity contribution < 1.29 is 14.3 Å². The van der Waals surface area contributed by atoms with Crippen LogP contribution in [0.4, 0.5) is 11.5 Å². The van der Waals surface area contributed by atoms with Crippen molar-refractivity contribution in [2.75, 3.05) is 18.5 Å². The number of allylic oxidation sites excluding steroid dienone is 1. The molecule has 0 unspecified atom stereocenters. The van der Waals surface area contributed by atoms with E-state index in [0.717, 1.165) is 19.3 Å². The lowest BCUT2D eigenvalue weighted by atomic mass is 9.97. The van der Waals surface area contributed by atoms with Crippen LogP contribution in [-0.2, 0) is 4.74 Å². The number of para-hydroxylation sites is 1. The van der Waals surface area contributed by atoms with E-state index in [1.165, 1.54) is 24.7 Å². The van der Waals surface area contributed by atoms with Gasteiger partial charge < -0.3 is 15.4 Å². The Morgan fingerprint density at radius 3 is 2.83 bits per heavy atom. The number of amides is 1. The summed E-state index contributed by atoms with van der Waals surface area (Å²) in [7, 11) is 0. The number of nitrogens with one attached hydrogen (secondary N) is 2. The van der Waals surface area contributed by atoms with Crippen molar-refractivity contribution in [2.45, 2.75) is 39.0 Å². The van der Waals surface area contributed by atoms with Crippen molar-refractivity contribution in [1.82, 2.24) is 15.3 Å². The monoisotopic (exact) mass is 394 g/mol. The van der Waals surface area contributed by atoms with E-state index in [0.29, 0.717) is 30.2 Å². The summed E-state index contributed by atoms with van der Waals surface area (Å²) in [6.07, 6.45) is 9.22. The maximum Gasteiger partial charge on any atom is 0.340 e. The predicted molar refractivity (Wildman–Crippen MR) is 111 cm³/mol. The van der Waals surface area contributed by atoms with E-state index in [-0.39, 0.29) is 11.6 Å². The van der Waals surface area contributed by atoms with E-state index in [9.17, 15) is 9.59 Å². The molecular weight excluding hydrogens is 368 g/mol. The highest BCUT2D eigenvalue weighted by atomic mass is 16.5. The summed E-state index contributed by atoms with van der Waals surface area (Å²) in [4.78, 5) is 32.8. The van der Waals surface area contributed by atoms with Gasteiger partial charge in [-0.2, -0.15) is 0 Å². The molecule has 152 valence electrons. The molecular formula is C22H26N4O3. The summed E-state index contributed by atoms with van der Waals surface area (Å²) in [5.41, 5.74) is 2.64. The first-order valence-electron chi connectivity index (χ1n) is 9.98. The molecule has 1 aromatic heterocycles. The second-order valence-electron chi connectivity index (χ2n) is 6.79. The first-order chi connectivity index (χ1) is 14.2. The lowest BCUT2D eigenvalue weighted by Gasteiger charge is -2.13. The number of benzene rings is 1. The van der Waals surface area contributed by atoms with Crippen LogP contribution in [0.1, 0.15) is 59.9 Å². The molecule has 7 heteroatoms. The average molecular weight is 394 g/mol. The number of carbonyl (C=O) groups excluding carboxylic acids is 2. The number of ether oxygens (including phenoxy) is 1. The number of hydrogen-bond donors (Lipinski definition) is 2. The van der Waals surface area contributed by atoms with Crippen molar-refractivity contribution in [1.29, 1.82) is 0 Å². The first kappa shape index (κ1) is 20.5. The van der Waals surface area contributed by atoms with Crippen molar-refractivity contribution in [3.8, 4) is 0 Å². The van der Waals surface area contributed by atoms with E-state index in [2.05, 4.69) is 26.7 Å². The number of anilines is 2. The van der Waals surface area contributed by atoms with Gasteiger partial charge in [-0.3, -0.25) is 4.79 Å². The smallest absolute Gasteiger partial charge is 0.340 e. The van der Waals surface area contributed by atoms with E-state index in [1.807, 2.05) is 0 Å². The summed E-state index contributed by atoms with van der Waals surface area (Å²) < 4.78 is 5.08. The minimum absolute atomic E-state index is 0.245. The van der Waals surface area contributed by atoms with Gasteiger partial charge in [-0.25, -0.2) is 14.8 Å². The third-order valence-corrected chi connectivity index (χ3v) is 4.70. The van der Waals surface area contributed by atoms with Crippen LogP contribution in [0.15, 0.2) is 48.3 Å². The normalized spacial score (nSPS) is 13.3. The third-order valence-electron chi connectivity index (χ3n) is 4.70. The Hall–Kier alpha value is -3.22. The lowest BCUT2D eigenvalue weighted by Crippen LogP contribution is -2.26.